The molecule has 0 aromatic rings. The van der Waals surface area contributed by atoms with E-state index in [0.29, 0.717) is 36.5 Å². The van der Waals surface area contributed by atoms with Crippen LogP contribution in [0.25, 0.3) is 0 Å². The maximum Gasteiger partial charge on any atom is 0.168 e. The first-order valence-electron chi connectivity index (χ1n) is 8.93. The van der Waals surface area contributed by atoms with E-state index in [1.165, 1.54) is 0 Å². The smallest absolute Gasteiger partial charge is 0.168 e. The summed E-state index contributed by atoms with van der Waals surface area (Å²) in [6, 6.07) is 0. The molecule has 0 aromatic carbocycles. The molecule has 3 unspecified atom stereocenters. The minimum Gasteiger partial charge on any atom is -0.511 e. The van der Waals surface area contributed by atoms with E-state index in [4.69, 9.17) is 9.57 Å². The molecule has 24 heavy (non-hydrogen) atoms. The van der Waals surface area contributed by atoms with Crippen LogP contribution in [-0.4, -0.2) is 35.9 Å². The standard InChI is InChI=1S/C19H29NO4/c1-4-6-15(20-24-8-5-2)19-16(21)11-14(12-17(19)22)18-10-13(3)7-9-23-18/h5,13-14,18,21H,2,4,6-12H2,1,3H3. The lowest BCUT2D eigenvalue weighted by atomic mass is 9.78. The third kappa shape index (κ3) is 4.69. The van der Waals surface area contributed by atoms with Gasteiger partial charge in [-0.2, -0.15) is 0 Å². The van der Waals surface area contributed by atoms with E-state index in [1.807, 2.05) is 6.92 Å². The summed E-state index contributed by atoms with van der Waals surface area (Å²) in [5.74, 6) is 0.740. The minimum atomic E-state index is -0.0556. The molecule has 0 radical (unpaired) electrons. The zero-order valence-corrected chi connectivity index (χ0v) is 14.8. The second-order valence-electron chi connectivity index (χ2n) is 6.82. The largest absolute Gasteiger partial charge is 0.511 e. The van der Waals surface area contributed by atoms with Gasteiger partial charge >= 0.3 is 0 Å². The lowest BCUT2D eigenvalue weighted by Crippen LogP contribution is -2.36. The number of hydrogen-bond donors (Lipinski definition) is 1. The van der Waals surface area contributed by atoms with E-state index >= 15 is 0 Å². The molecule has 1 aliphatic heterocycles. The van der Waals surface area contributed by atoms with Crippen molar-refractivity contribution >= 4 is 11.5 Å². The molecule has 2 aliphatic rings. The molecule has 0 bridgehead atoms. The van der Waals surface area contributed by atoms with Gasteiger partial charge in [0.05, 0.1) is 17.4 Å². The van der Waals surface area contributed by atoms with Crippen LogP contribution in [0.4, 0.5) is 0 Å². The molecule has 0 aromatic heterocycles. The SMILES string of the molecule is C=CCON=C(CCC)C1=C(O)CC(C2CC(C)CCO2)CC1=O. The summed E-state index contributed by atoms with van der Waals surface area (Å²) in [7, 11) is 0. The van der Waals surface area contributed by atoms with Crippen molar-refractivity contribution in [3.63, 3.8) is 0 Å². The molecule has 134 valence electrons. The number of carbonyl (C=O) groups is 1. The molecule has 2 rings (SSSR count). The van der Waals surface area contributed by atoms with Crippen molar-refractivity contribution in [3.05, 3.63) is 24.0 Å². The van der Waals surface area contributed by atoms with Crippen molar-refractivity contribution in [1.29, 1.82) is 0 Å². The molecule has 1 N–H and O–H groups in total. The molecule has 5 heteroatoms. The highest BCUT2D eigenvalue weighted by Crippen LogP contribution is 2.35. The highest BCUT2D eigenvalue weighted by atomic mass is 16.6. The third-order valence-corrected chi connectivity index (χ3v) is 4.72. The van der Waals surface area contributed by atoms with Gasteiger partial charge in [-0.15, -0.1) is 0 Å². The summed E-state index contributed by atoms with van der Waals surface area (Å²) < 4.78 is 5.86. The number of aliphatic hydroxyl groups is 1. The Morgan fingerprint density at radius 3 is 2.92 bits per heavy atom. The molecule has 0 amide bonds. The molecule has 1 heterocycles. The lowest BCUT2D eigenvalue weighted by Gasteiger charge is -2.35. The van der Waals surface area contributed by atoms with E-state index in [2.05, 4.69) is 18.7 Å². The Hall–Kier alpha value is -1.62. The number of aliphatic hydroxyl groups excluding tert-OH is 1. The molecule has 1 fully saturated rings. The highest BCUT2D eigenvalue weighted by Gasteiger charge is 2.36. The Labute approximate surface area is 144 Å². The molecular formula is C19H29NO4. The van der Waals surface area contributed by atoms with Gasteiger partial charge < -0.3 is 14.7 Å². The predicted molar refractivity (Wildman–Crippen MR) is 94.0 cm³/mol. The van der Waals surface area contributed by atoms with Gasteiger partial charge in [0.15, 0.2) is 5.78 Å². The van der Waals surface area contributed by atoms with Crippen molar-refractivity contribution in [2.45, 2.75) is 58.5 Å². The van der Waals surface area contributed by atoms with Gasteiger partial charge in [-0.1, -0.05) is 38.1 Å². The monoisotopic (exact) mass is 335 g/mol. The van der Waals surface area contributed by atoms with Gasteiger partial charge in [0.2, 0.25) is 0 Å². The van der Waals surface area contributed by atoms with Crippen LogP contribution in [0.2, 0.25) is 0 Å². The number of carbonyl (C=O) groups excluding carboxylic acids is 1. The number of rotatable bonds is 7. The first-order valence-corrected chi connectivity index (χ1v) is 8.93. The Morgan fingerprint density at radius 1 is 1.50 bits per heavy atom. The molecular weight excluding hydrogens is 306 g/mol. The van der Waals surface area contributed by atoms with Gasteiger partial charge in [-0.3, -0.25) is 4.79 Å². The van der Waals surface area contributed by atoms with E-state index in [-0.39, 0.29) is 30.2 Å². The number of nitrogens with zero attached hydrogens (tertiary/aromatic N) is 1. The third-order valence-electron chi connectivity index (χ3n) is 4.72. The zero-order valence-electron chi connectivity index (χ0n) is 14.8. The number of hydrogen-bond acceptors (Lipinski definition) is 5. The second-order valence-corrected chi connectivity index (χ2v) is 6.82. The summed E-state index contributed by atoms with van der Waals surface area (Å²) in [6.07, 6.45) is 5.99. The van der Waals surface area contributed by atoms with E-state index < -0.39 is 0 Å². The highest BCUT2D eigenvalue weighted by molar-refractivity contribution is 6.23. The first-order chi connectivity index (χ1) is 11.6. The zero-order chi connectivity index (χ0) is 17.5. The Balaban J connectivity index is 2.15. The number of ether oxygens (including phenoxy) is 1. The maximum absolute atomic E-state index is 12.7. The van der Waals surface area contributed by atoms with Crippen LogP contribution in [0, 0.1) is 11.8 Å². The van der Waals surface area contributed by atoms with Gasteiger partial charge in [-0.25, -0.2) is 0 Å². The van der Waals surface area contributed by atoms with Crippen LogP contribution >= 0.6 is 0 Å². The fourth-order valence-corrected chi connectivity index (χ4v) is 3.47. The van der Waals surface area contributed by atoms with Crippen LogP contribution in [-0.2, 0) is 14.4 Å². The molecule has 1 saturated heterocycles. The van der Waals surface area contributed by atoms with Gasteiger partial charge in [0.1, 0.15) is 12.4 Å². The van der Waals surface area contributed by atoms with Crippen molar-refractivity contribution in [2.75, 3.05) is 13.2 Å². The molecule has 0 spiro atoms. The van der Waals surface area contributed by atoms with Gasteiger partial charge in [-0.05, 0) is 31.1 Å². The summed E-state index contributed by atoms with van der Waals surface area (Å²) in [5, 5.41) is 14.6. The number of oxime groups is 1. The average Bonchev–Trinajstić information content (AvgIpc) is 2.54. The van der Waals surface area contributed by atoms with E-state index in [9.17, 15) is 9.90 Å². The first kappa shape index (κ1) is 18.7. The van der Waals surface area contributed by atoms with Crippen molar-refractivity contribution in [1.82, 2.24) is 0 Å². The summed E-state index contributed by atoms with van der Waals surface area (Å²) in [5.41, 5.74) is 0.888. The average molecular weight is 335 g/mol. The fourth-order valence-electron chi connectivity index (χ4n) is 3.47. The lowest BCUT2D eigenvalue weighted by molar-refractivity contribution is -0.120. The van der Waals surface area contributed by atoms with E-state index in [1.54, 1.807) is 6.08 Å². The Morgan fingerprint density at radius 2 is 2.29 bits per heavy atom. The predicted octanol–water partition coefficient (Wildman–Crippen LogP) is 3.95. The summed E-state index contributed by atoms with van der Waals surface area (Å²) >= 11 is 0. The Bertz CT molecular complexity index is 523. The number of allylic oxidation sites excluding steroid dienone is 2. The molecule has 3 atom stereocenters. The molecule has 5 nitrogen and oxygen atoms in total. The number of ketones is 1. The van der Waals surface area contributed by atoms with Crippen molar-refractivity contribution in [3.8, 4) is 0 Å². The minimum absolute atomic E-state index is 0.0556. The normalized spacial score (nSPS) is 28.8. The van der Waals surface area contributed by atoms with Crippen LogP contribution < -0.4 is 0 Å². The topological polar surface area (TPSA) is 68.1 Å². The van der Waals surface area contributed by atoms with Crippen LogP contribution in [0.15, 0.2) is 29.1 Å². The van der Waals surface area contributed by atoms with Crippen molar-refractivity contribution < 1.29 is 19.5 Å². The summed E-state index contributed by atoms with van der Waals surface area (Å²) in [4.78, 5) is 17.8. The Kier molecular flexibility index (Phi) is 7.03. The van der Waals surface area contributed by atoms with Gasteiger partial charge in [0, 0.05) is 19.4 Å². The molecule has 0 saturated carbocycles. The van der Waals surface area contributed by atoms with Gasteiger partial charge in [0.25, 0.3) is 0 Å². The van der Waals surface area contributed by atoms with Crippen LogP contribution in [0.1, 0.15) is 52.4 Å². The second kappa shape index (κ2) is 9.02. The van der Waals surface area contributed by atoms with Crippen LogP contribution in [0.5, 0.6) is 0 Å². The van der Waals surface area contributed by atoms with E-state index in [0.717, 1.165) is 25.9 Å². The van der Waals surface area contributed by atoms with Crippen LogP contribution in [0.3, 0.4) is 0 Å². The quantitative estimate of drug-likeness (QED) is 0.331. The molecule has 1 aliphatic carbocycles. The number of Topliss-reactive ketones (excluding diaryl/α,β-unsaturated/α-hetero) is 1. The summed E-state index contributed by atoms with van der Waals surface area (Å²) in [6.45, 7) is 8.82. The fraction of sp³-hybridized carbons (Fsp3) is 0.684. The van der Waals surface area contributed by atoms with Crippen molar-refractivity contribution in [2.24, 2.45) is 17.0 Å². The maximum atomic E-state index is 12.7.